The van der Waals surface area contributed by atoms with Crippen LogP contribution in [-0.2, 0) is 6.54 Å². The van der Waals surface area contributed by atoms with Gasteiger partial charge in [0.05, 0.1) is 12.0 Å². The molecule has 0 unspecified atom stereocenters. The maximum Gasteiger partial charge on any atom is 0.269 e. The molecule has 4 rings (SSSR count). The molecular weight excluding hydrogens is 390 g/mol. The van der Waals surface area contributed by atoms with Crippen LogP contribution in [0, 0.1) is 10.1 Å². The fraction of sp³-hybridized carbons (Fsp3) is 0.280. The fourth-order valence-corrected chi connectivity index (χ4v) is 4.07. The van der Waals surface area contributed by atoms with E-state index in [0.717, 1.165) is 50.6 Å². The van der Waals surface area contributed by atoms with Crippen molar-refractivity contribution in [3.63, 3.8) is 0 Å². The number of nitro groups is 1. The first-order chi connectivity index (χ1) is 15.1. The zero-order valence-corrected chi connectivity index (χ0v) is 17.7. The first-order valence-corrected chi connectivity index (χ1v) is 10.5. The number of fused-ring (bicyclic) bond motifs is 1. The van der Waals surface area contributed by atoms with Gasteiger partial charge in [0.15, 0.2) is 0 Å². The summed E-state index contributed by atoms with van der Waals surface area (Å²) in [6.45, 7) is 5.81. The lowest BCUT2D eigenvalue weighted by atomic mass is 10.0. The van der Waals surface area contributed by atoms with Crippen molar-refractivity contribution in [2.45, 2.75) is 6.54 Å². The summed E-state index contributed by atoms with van der Waals surface area (Å²) in [5.74, 6) is 0.951. The van der Waals surface area contributed by atoms with Crippen LogP contribution in [0.1, 0.15) is 11.1 Å². The Bertz CT molecular complexity index is 1070. The standard InChI is InChI=1S/C25H27N3O3/c1-31-25-13-10-21-6-2-3-7-23(21)24(25)19-27-17-15-26(16-18-27)14-4-5-20-8-11-22(12-9-20)28(29)30/h2-13H,14-19H2,1H3. The number of rotatable bonds is 7. The van der Waals surface area contributed by atoms with Gasteiger partial charge in [-0.1, -0.05) is 42.5 Å². The second kappa shape index (κ2) is 9.73. The Morgan fingerprint density at radius 3 is 2.39 bits per heavy atom. The van der Waals surface area contributed by atoms with Crippen LogP contribution >= 0.6 is 0 Å². The van der Waals surface area contributed by atoms with Crippen molar-refractivity contribution in [2.75, 3.05) is 39.8 Å². The SMILES string of the molecule is COc1ccc2ccccc2c1CN1CCN(CC=Cc2ccc([N+](=O)[O-])cc2)CC1. The third-order valence-electron chi connectivity index (χ3n) is 5.84. The van der Waals surface area contributed by atoms with Crippen molar-refractivity contribution in [2.24, 2.45) is 0 Å². The molecule has 0 radical (unpaired) electrons. The average molecular weight is 418 g/mol. The molecule has 3 aromatic carbocycles. The van der Waals surface area contributed by atoms with E-state index in [-0.39, 0.29) is 10.6 Å². The number of nitrogens with zero attached hydrogens (tertiary/aromatic N) is 3. The Balaban J connectivity index is 1.32. The van der Waals surface area contributed by atoms with Crippen LogP contribution in [0.4, 0.5) is 5.69 Å². The number of nitro benzene ring substituents is 1. The highest BCUT2D eigenvalue weighted by Gasteiger charge is 2.18. The topological polar surface area (TPSA) is 58.8 Å². The second-order valence-electron chi connectivity index (χ2n) is 7.80. The summed E-state index contributed by atoms with van der Waals surface area (Å²) in [6, 6.07) is 19.3. The van der Waals surface area contributed by atoms with Crippen molar-refractivity contribution < 1.29 is 9.66 Å². The van der Waals surface area contributed by atoms with E-state index in [0.29, 0.717) is 0 Å². The molecule has 0 aliphatic carbocycles. The minimum Gasteiger partial charge on any atom is -0.496 e. The van der Waals surface area contributed by atoms with Crippen LogP contribution < -0.4 is 4.74 Å². The molecule has 6 heteroatoms. The van der Waals surface area contributed by atoms with Gasteiger partial charge in [-0.3, -0.25) is 19.9 Å². The number of piperazine rings is 1. The lowest BCUT2D eigenvalue weighted by Gasteiger charge is -2.34. The van der Waals surface area contributed by atoms with Crippen LogP contribution in [0.3, 0.4) is 0 Å². The summed E-state index contributed by atoms with van der Waals surface area (Å²) < 4.78 is 5.65. The predicted molar refractivity (Wildman–Crippen MR) is 124 cm³/mol. The zero-order valence-electron chi connectivity index (χ0n) is 17.7. The van der Waals surface area contributed by atoms with Gasteiger partial charge in [-0.2, -0.15) is 0 Å². The molecule has 31 heavy (non-hydrogen) atoms. The molecule has 0 aromatic heterocycles. The van der Waals surface area contributed by atoms with E-state index >= 15 is 0 Å². The quantitative estimate of drug-likeness (QED) is 0.416. The monoisotopic (exact) mass is 417 g/mol. The van der Waals surface area contributed by atoms with E-state index in [2.05, 4.69) is 52.3 Å². The van der Waals surface area contributed by atoms with Gasteiger partial charge in [-0.05, 0) is 34.5 Å². The lowest BCUT2D eigenvalue weighted by Crippen LogP contribution is -2.45. The summed E-state index contributed by atoms with van der Waals surface area (Å²) in [5.41, 5.74) is 2.36. The second-order valence-corrected chi connectivity index (χ2v) is 7.80. The van der Waals surface area contributed by atoms with Crippen molar-refractivity contribution in [3.8, 4) is 5.75 Å². The largest absolute Gasteiger partial charge is 0.496 e. The Hall–Kier alpha value is -3.22. The smallest absolute Gasteiger partial charge is 0.269 e. The molecule has 3 aromatic rings. The normalized spacial score (nSPS) is 15.5. The van der Waals surface area contributed by atoms with E-state index in [1.165, 1.54) is 16.3 Å². The van der Waals surface area contributed by atoms with E-state index in [1.807, 2.05) is 6.08 Å². The predicted octanol–water partition coefficient (Wildman–Crippen LogP) is 4.59. The van der Waals surface area contributed by atoms with Gasteiger partial charge in [0.25, 0.3) is 5.69 Å². The minimum absolute atomic E-state index is 0.121. The van der Waals surface area contributed by atoms with Gasteiger partial charge in [0.1, 0.15) is 5.75 Å². The summed E-state index contributed by atoms with van der Waals surface area (Å²) in [4.78, 5) is 15.3. The Morgan fingerprint density at radius 2 is 1.68 bits per heavy atom. The highest BCUT2D eigenvalue weighted by Crippen LogP contribution is 2.29. The molecular formula is C25H27N3O3. The zero-order chi connectivity index (χ0) is 21.6. The molecule has 1 heterocycles. The summed E-state index contributed by atoms with van der Waals surface area (Å²) in [6.07, 6.45) is 4.15. The molecule has 1 saturated heterocycles. The molecule has 0 atom stereocenters. The molecule has 0 amide bonds. The number of hydrogen-bond donors (Lipinski definition) is 0. The molecule has 0 saturated carbocycles. The van der Waals surface area contributed by atoms with Gasteiger partial charge in [0, 0.05) is 57.0 Å². The van der Waals surface area contributed by atoms with Crippen molar-refractivity contribution in [1.29, 1.82) is 0 Å². The highest BCUT2D eigenvalue weighted by molar-refractivity contribution is 5.87. The third-order valence-corrected chi connectivity index (χ3v) is 5.84. The van der Waals surface area contributed by atoms with Gasteiger partial charge >= 0.3 is 0 Å². The fourth-order valence-electron chi connectivity index (χ4n) is 4.07. The van der Waals surface area contributed by atoms with Gasteiger partial charge in [0.2, 0.25) is 0 Å². The van der Waals surface area contributed by atoms with Crippen LogP contribution in [0.15, 0.2) is 66.7 Å². The average Bonchev–Trinajstić information content (AvgIpc) is 2.81. The van der Waals surface area contributed by atoms with Crippen LogP contribution in [-0.4, -0.2) is 54.6 Å². The molecule has 1 aliphatic heterocycles. The van der Waals surface area contributed by atoms with E-state index in [1.54, 1.807) is 31.4 Å². The molecule has 1 aliphatic rings. The third kappa shape index (κ3) is 5.10. The van der Waals surface area contributed by atoms with Crippen molar-refractivity contribution in [1.82, 2.24) is 9.80 Å². The molecule has 0 bridgehead atoms. The van der Waals surface area contributed by atoms with Gasteiger partial charge in [-0.25, -0.2) is 0 Å². The Kier molecular flexibility index (Phi) is 6.60. The Morgan fingerprint density at radius 1 is 0.968 bits per heavy atom. The summed E-state index contributed by atoms with van der Waals surface area (Å²) >= 11 is 0. The molecule has 0 N–H and O–H groups in total. The van der Waals surface area contributed by atoms with Crippen LogP contribution in [0.2, 0.25) is 0 Å². The summed E-state index contributed by atoms with van der Waals surface area (Å²) in [7, 11) is 1.74. The molecule has 160 valence electrons. The van der Waals surface area contributed by atoms with Gasteiger partial charge < -0.3 is 4.74 Å². The first-order valence-electron chi connectivity index (χ1n) is 10.5. The minimum atomic E-state index is -0.374. The first kappa shape index (κ1) is 21.0. The number of non-ortho nitro benzene ring substituents is 1. The maximum atomic E-state index is 10.7. The number of hydrogen-bond acceptors (Lipinski definition) is 5. The number of benzene rings is 3. The molecule has 6 nitrogen and oxygen atoms in total. The molecule has 1 fully saturated rings. The summed E-state index contributed by atoms with van der Waals surface area (Å²) in [5, 5.41) is 13.2. The van der Waals surface area contributed by atoms with E-state index < -0.39 is 0 Å². The van der Waals surface area contributed by atoms with Crippen LogP contribution in [0.5, 0.6) is 5.75 Å². The van der Waals surface area contributed by atoms with Crippen LogP contribution in [0.25, 0.3) is 16.8 Å². The lowest BCUT2D eigenvalue weighted by molar-refractivity contribution is -0.384. The van der Waals surface area contributed by atoms with Gasteiger partial charge in [-0.15, -0.1) is 0 Å². The Labute approximate surface area is 182 Å². The van der Waals surface area contributed by atoms with E-state index in [9.17, 15) is 10.1 Å². The maximum absolute atomic E-state index is 10.7. The van der Waals surface area contributed by atoms with Crippen molar-refractivity contribution >= 4 is 22.5 Å². The number of ether oxygens (including phenoxy) is 1. The van der Waals surface area contributed by atoms with E-state index in [4.69, 9.17) is 4.74 Å². The molecule has 0 spiro atoms. The highest BCUT2D eigenvalue weighted by atomic mass is 16.6. The van der Waals surface area contributed by atoms with Crippen molar-refractivity contribution in [3.05, 3.63) is 88.0 Å². The number of methoxy groups -OCH3 is 1.